The summed E-state index contributed by atoms with van der Waals surface area (Å²) >= 11 is 0. The van der Waals surface area contributed by atoms with Crippen molar-refractivity contribution in [3.05, 3.63) is 41.7 Å². The predicted octanol–water partition coefficient (Wildman–Crippen LogP) is 2.33. The van der Waals surface area contributed by atoms with Crippen LogP contribution < -0.4 is 4.90 Å². The van der Waals surface area contributed by atoms with E-state index in [0.29, 0.717) is 36.2 Å². The Kier molecular flexibility index (Phi) is 3.94. The number of hydrogen-bond donors (Lipinski definition) is 0. The summed E-state index contributed by atoms with van der Waals surface area (Å²) in [5.41, 5.74) is 0.851. The maximum absolute atomic E-state index is 14.2. The molecule has 0 aliphatic carbocycles. The maximum atomic E-state index is 14.2. The smallest absolute Gasteiger partial charge is 0.225 e. The molecule has 0 spiro atoms. The van der Waals surface area contributed by atoms with Crippen molar-refractivity contribution in [2.45, 2.75) is 25.0 Å². The number of carbonyl (C=O) groups is 1. The molecule has 1 aromatic rings. The van der Waals surface area contributed by atoms with Crippen LogP contribution >= 0.6 is 0 Å². The minimum absolute atomic E-state index is 0.0213. The average molecular weight is 367 g/mol. The van der Waals surface area contributed by atoms with Crippen LogP contribution in [0.15, 0.2) is 30.4 Å². The van der Waals surface area contributed by atoms with Crippen LogP contribution in [0.25, 0.3) is 0 Å². The number of piperidine rings is 1. The summed E-state index contributed by atoms with van der Waals surface area (Å²) in [5.74, 6) is 0.819. The highest BCUT2D eigenvalue weighted by Gasteiger charge is 2.52. The molecule has 4 aliphatic heterocycles. The number of benzene rings is 1. The van der Waals surface area contributed by atoms with Gasteiger partial charge in [0.2, 0.25) is 5.91 Å². The molecule has 1 amide bonds. The van der Waals surface area contributed by atoms with Crippen molar-refractivity contribution >= 4 is 11.6 Å². The lowest BCUT2D eigenvalue weighted by Crippen LogP contribution is -2.42. The minimum Gasteiger partial charge on any atom is -0.369 e. The Hall–Kier alpha value is -2.39. The van der Waals surface area contributed by atoms with Gasteiger partial charge in [0.05, 0.1) is 29.5 Å². The zero-order valence-electron chi connectivity index (χ0n) is 15.1. The van der Waals surface area contributed by atoms with Crippen molar-refractivity contribution < 1.29 is 13.9 Å². The molecule has 140 valence electrons. The highest BCUT2D eigenvalue weighted by Crippen LogP contribution is 2.44. The van der Waals surface area contributed by atoms with Crippen molar-refractivity contribution in [2.75, 3.05) is 31.1 Å². The number of carbonyl (C=O) groups excluding carboxylic acids is 1. The molecule has 4 atom stereocenters. The van der Waals surface area contributed by atoms with E-state index in [1.165, 1.54) is 6.07 Å². The van der Waals surface area contributed by atoms with E-state index in [1.54, 1.807) is 12.1 Å². The molecular weight excluding hydrogens is 345 g/mol. The van der Waals surface area contributed by atoms with Crippen LogP contribution in [-0.2, 0) is 9.53 Å². The normalized spacial score (nSPS) is 32.0. The summed E-state index contributed by atoms with van der Waals surface area (Å²) < 4.78 is 20.1. The SMILES string of the molecule is N#Cc1ccc(N2CCC(C(=O)N3CC4C5C=CC(O5)C4C3)CC2)c(F)c1. The Morgan fingerprint density at radius 1 is 1.15 bits per heavy atom. The molecule has 0 saturated carbocycles. The number of rotatable bonds is 2. The van der Waals surface area contributed by atoms with Gasteiger partial charge in [0.1, 0.15) is 5.82 Å². The van der Waals surface area contributed by atoms with Crippen LogP contribution in [0.2, 0.25) is 0 Å². The summed E-state index contributed by atoms with van der Waals surface area (Å²) in [6.45, 7) is 2.94. The summed E-state index contributed by atoms with van der Waals surface area (Å²) in [5, 5.41) is 8.87. The number of nitriles is 1. The van der Waals surface area contributed by atoms with Gasteiger partial charge in [-0.2, -0.15) is 5.26 Å². The standard InChI is InChI=1S/C21H22FN3O2/c22-17-9-13(10-23)1-2-18(17)24-7-5-14(6-8-24)21(26)25-11-15-16(12-25)20-4-3-19(15)27-20/h1-4,9,14-16,19-20H,5-8,11-12H2. The molecule has 5 rings (SSSR count). The second kappa shape index (κ2) is 6.35. The second-order valence-electron chi connectivity index (χ2n) is 8.06. The van der Waals surface area contributed by atoms with Gasteiger partial charge in [0, 0.05) is 43.9 Å². The first kappa shape index (κ1) is 16.8. The van der Waals surface area contributed by atoms with E-state index in [0.717, 1.165) is 25.9 Å². The fourth-order valence-corrected chi connectivity index (χ4v) is 5.17. The Balaban J connectivity index is 1.20. The van der Waals surface area contributed by atoms with Crippen molar-refractivity contribution in [3.63, 3.8) is 0 Å². The summed E-state index contributed by atoms with van der Waals surface area (Å²) in [6, 6.07) is 6.54. The Morgan fingerprint density at radius 3 is 2.41 bits per heavy atom. The maximum Gasteiger partial charge on any atom is 0.225 e. The first-order valence-corrected chi connectivity index (χ1v) is 9.71. The van der Waals surface area contributed by atoms with Crippen molar-refractivity contribution in [3.8, 4) is 6.07 Å². The van der Waals surface area contributed by atoms with Crippen molar-refractivity contribution in [1.82, 2.24) is 4.90 Å². The predicted molar refractivity (Wildman–Crippen MR) is 97.4 cm³/mol. The highest BCUT2D eigenvalue weighted by atomic mass is 19.1. The van der Waals surface area contributed by atoms with Crippen LogP contribution in [0, 0.1) is 34.9 Å². The van der Waals surface area contributed by atoms with E-state index in [1.807, 2.05) is 15.9 Å². The Labute approximate surface area is 158 Å². The quantitative estimate of drug-likeness (QED) is 0.753. The van der Waals surface area contributed by atoms with E-state index >= 15 is 0 Å². The van der Waals surface area contributed by atoms with Gasteiger partial charge < -0.3 is 14.5 Å². The largest absolute Gasteiger partial charge is 0.369 e. The van der Waals surface area contributed by atoms with E-state index in [9.17, 15) is 9.18 Å². The molecule has 6 heteroatoms. The number of amides is 1. The van der Waals surface area contributed by atoms with Crippen LogP contribution in [-0.4, -0.2) is 49.2 Å². The molecule has 27 heavy (non-hydrogen) atoms. The van der Waals surface area contributed by atoms with Crippen molar-refractivity contribution in [2.24, 2.45) is 17.8 Å². The number of likely N-dealkylation sites (tertiary alicyclic amines) is 1. The second-order valence-corrected chi connectivity index (χ2v) is 8.06. The van der Waals surface area contributed by atoms with Crippen LogP contribution in [0.3, 0.4) is 0 Å². The Morgan fingerprint density at radius 2 is 1.81 bits per heavy atom. The first-order chi connectivity index (χ1) is 13.1. The van der Waals surface area contributed by atoms with Gasteiger partial charge in [-0.3, -0.25) is 4.79 Å². The lowest BCUT2D eigenvalue weighted by atomic mass is 9.86. The molecule has 3 saturated heterocycles. The zero-order chi connectivity index (χ0) is 18.5. The number of ether oxygens (including phenoxy) is 1. The topological polar surface area (TPSA) is 56.6 Å². The number of halogens is 1. The van der Waals surface area contributed by atoms with Gasteiger partial charge in [-0.05, 0) is 31.0 Å². The number of anilines is 1. The third-order valence-electron chi connectivity index (χ3n) is 6.63. The van der Waals surface area contributed by atoms with Crippen LogP contribution in [0.5, 0.6) is 0 Å². The van der Waals surface area contributed by atoms with E-state index in [2.05, 4.69) is 12.2 Å². The molecule has 5 nitrogen and oxygen atoms in total. The number of nitrogens with zero attached hydrogens (tertiary/aromatic N) is 3. The molecule has 3 fully saturated rings. The summed E-state index contributed by atoms with van der Waals surface area (Å²) in [7, 11) is 0. The monoisotopic (exact) mass is 367 g/mol. The molecule has 4 heterocycles. The third kappa shape index (κ3) is 2.72. The molecule has 4 unspecified atom stereocenters. The van der Waals surface area contributed by atoms with E-state index in [4.69, 9.17) is 10.00 Å². The fraction of sp³-hybridized carbons (Fsp3) is 0.524. The molecule has 2 bridgehead atoms. The van der Waals surface area contributed by atoms with Crippen LogP contribution in [0.4, 0.5) is 10.1 Å². The summed E-state index contributed by atoms with van der Waals surface area (Å²) in [4.78, 5) is 17.0. The van der Waals surface area contributed by atoms with Gasteiger partial charge in [-0.1, -0.05) is 12.2 Å². The molecule has 0 aromatic heterocycles. The minimum atomic E-state index is -0.367. The van der Waals surface area contributed by atoms with Gasteiger partial charge >= 0.3 is 0 Å². The van der Waals surface area contributed by atoms with Gasteiger partial charge in [0.15, 0.2) is 0 Å². The summed E-state index contributed by atoms with van der Waals surface area (Å²) in [6.07, 6.45) is 6.16. The molecule has 4 aliphatic rings. The Bertz CT molecular complexity index is 820. The van der Waals surface area contributed by atoms with Gasteiger partial charge in [0.25, 0.3) is 0 Å². The van der Waals surface area contributed by atoms with Gasteiger partial charge in [-0.25, -0.2) is 4.39 Å². The van der Waals surface area contributed by atoms with E-state index < -0.39 is 0 Å². The average Bonchev–Trinajstić information content (AvgIpc) is 3.40. The molecule has 0 radical (unpaired) electrons. The number of fused-ring (bicyclic) bond motifs is 5. The lowest BCUT2D eigenvalue weighted by Gasteiger charge is -2.35. The fourth-order valence-electron chi connectivity index (χ4n) is 5.17. The third-order valence-corrected chi connectivity index (χ3v) is 6.63. The van der Waals surface area contributed by atoms with Crippen LogP contribution in [0.1, 0.15) is 18.4 Å². The molecule has 1 aromatic carbocycles. The van der Waals surface area contributed by atoms with Crippen molar-refractivity contribution in [1.29, 1.82) is 5.26 Å². The zero-order valence-corrected chi connectivity index (χ0v) is 15.1. The van der Waals surface area contributed by atoms with E-state index in [-0.39, 0.29) is 29.9 Å². The first-order valence-electron chi connectivity index (χ1n) is 9.71. The molecular formula is C21H22FN3O2. The highest BCUT2D eigenvalue weighted by molar-refractivity contribution is 5.79. The molecule has 0 N–H and O–H groups in total. The number of hydrogen-bond acceptors (Lipinski definition) is 4. The van der Waals surface area contributed by atoms with Gasteiger partial charge in [-0.15, -0.1) is 0 Å². The lowest BCUT2D eigenvalue weighted by molar-refractivity contribution is -0.135.